The molecule has 5 nitrogen and oxygen atoms in total. The van der Waals surface area contributed by atoms with Crippen molar-refractivity contribution in [2.45, 2.75) is 33.1 Å². The second-order valence-electron chi connectivity index (χ2n) is 5.84. The molecule has 0 bridgehead atoms. The highest BCUT2D eigenvalue weighted by atomic mass is 16.5. The number of carbonyl (C=O) groups is 1. The van der Waals surface area contributed by atoms with Crippen molar-refractivity contribution in [2.75, 3.05) is 32.5 Å². The summed E-state index contributed by atoms with van der Waals surface area (Å²) in [5.41, 5.74) is 7.05. The number of nitrogen functional groups attached to an aromatic ring is 1. The smallest absolute Gasteiger partial charge is 0.253 e. The van der Waals surface area contributed by atoms with Crippen LogP contribution < -0.4 is 5.73 Å². The fourth-order valence-corrected chi connectivity index (χ4v) is 1.73. The monoisotopic (exact) mass is 279 g/mol. The Bertz CT molecular complexity index is 467. The van der Waals surface area contributed by atoms with Gasteiger partial charge in [-0.3, -0.25) is 4.79 Å². The van der Waals surface area contributed by atoms with Crippen molar-refractivity contribution in [1.29, 1.82) is 0 Å². The van der Waals surface area contributed by atoms with Crippen LogP contribution in [0.4, 0.5) is 5.82 Å². The number of hydrogen-bond donors (Lipinski definition) is 1. The van der Waals surface area contributed by atoms with Crippen LogP contribution in [0.25, 0.3) is 0 Å². The molecule has 0 aliphatic rings. The molecular formula is C15H25N3O2. The molecule has 0 aliphatic carbocycles. The third-order valence-corrected chi connectivity index (χ3v) is 2.98. The predicted molar refractivity (Wildman–Crippen MR) is 80.8 cm³/mol. The van der Waals surface area contributed by atoms with Crippen LogP contribution in [0.1, 0.15) is 43.7 Å². The molecule has 1 amide bonds. The van der Waals surface area contributed by atoms with E-state index in [1.54, 1.807) is 18.0 Å². The first kappa shape index (κ1) is 16.4. The molecule has 1 aromatic heterocycles. The van der Waals surface area contributed by atoms with Gasteiger partial charge in [-0.1, -0.05) is 20.8 Å². The highest BCUT2D eigenvalue weighted by Gasteiger charge is 2.20. The van der Waals surface area contributed by atoms with E-state index in [2.05, 4.69) is 4.98 Å². The molecule has 20 heavy (non-hydrogen) atoms. The number of anilines is 1. The maximum Gasteiger partial charge on any atom is 0.253 e. The highest BCUT2D eigenvalue weighted by molar-refractivity contribution is 5.94. The molecule has 0 aliphatic heterocycles. The van der Waals surface area contributed by atoms with Gasteiger partial charge in [0, 0.05) is 36.9 Å². The quantitative estimate of drug-likeness (QED) is 0.838. The average molecular weight is 279 g/mol. The second-order valence-corrected chi connectivity index (χ2v) is 5.84. The molecule has 112 valence electrons. The van der Waals surface area contributed by atoms with E-state index in [0.717, 1.165) is 5.69 Å². The zero-order chi connectivity index (χ0) is 15.3. The standard InChI is InChI=1S/C15H25N3O2/c1-6-20-8-7-18(5)14(19)11-9-12(15(2,3)4)17-13(16)10-11/h9-10H,6-8H2,1-5H3,(H2,16,17). The molecule has 1 heterocycles. The van der Waals surface area contributed by atoms with Gasteiger partial charge >= 0.3 is 0 Å². The van der Waals surface area contributed by atoms with Gasteiger partial charge in [-0.05, 0) is 19.1 Å². The SMILES string of the molecule is CCOCCN(C)C(=O)c1cc(N)nc(C(C)(C)C)c1. The molecular weight excluding hydrogens is 254 g/mol. The molecule has 1 rings (SSSR count). The highest BCUT2D eigenvalue weighted by Crippen LogP contribution is 2.22. The number of ether oxygens (including phenoxy) is 1. The van der Waals surface area contributed by atoms with Crippen molar-refractivity contribution in [3.05, 3.63) is 23.4 Å². The Morgan fingerprint density at radius 3 is 2.60 bits per heavy atom. The summed E-state index contributed by atoms with van der Waals surface area (Å²) in [6, 6.07) is 3.44. The maximum atomic E-state index is 12.4. The summed E-state index contributed by atoms with van der Waals surface area (Å²) in [5.74, 6) is 0.309. The van der Waals surface area contributed by atoms with Crippen LogP contribution in [-0.2, 0) is 10.2 Å². The van der Waals surface area contributed by atoms with Gasteiger partial charge in [0.1, 0.15) is 5.82 Å². The zero-order valence-electron chi connectivity index (χ0n) is 13.1. The summed E-state index contributed by atoms with van der Waals surface area (Å²) >= 11 is 0. The zero-order valence-corrected chi connectivity index (χ0v) is 13.1. The van der Waals surface area contributed by atoms with Gasteiger partial charge in [0.25, 0.3) is 5.91 Å². The second kappa shape index (κ2) is 6.70. The number of rotatable bonds is 5. The van der Waals surface area contributed by atoms with Gasteiger partial charge in [-0.15, -0.1) is 0 Å². The number of hydrogen-bond acceptors (Lipinski definition) is 4. The summed E-state index contributed by atoms with van der Waals surface area (Å²) in [5, 5.41) is 0. The van der Waals surface area contributed by atoms with E-state index >= 15 is 0 Å². The van der Waals surface area contributed by atoms with Crippen LogP contribution in [0.3, 0.4) is 0 Å². The van der Waals surface area contributed by atoms with E-state index < -0.39 is 0 Å². The van der Waals surface area contributed by atoms with Crippen LogP contribution in [0.2, 0.25) is 0 Å². The third kappa shape index (κ3) is 4.49. The largest absolute Gasteiger partial charge is 0.384 e. The Morgan fingerprint density at radius 1 is 1.40 bits per heavy atom. The first-order valence-electron chi connectivity index (χ1n) is 6.87. The third-order valence-electron chi connectivity index (χ3n) is 2.98. The predicted octanol–water partition coefficient (Wildman–Crippen LogP) is 2.07. The van der Waals surface area contributed by atoms with Crippen LogP contribution in [0.15, 0.2) is 12.1 Å². The average Bonchev–Trinajstić information content (AvgIpc) is 2.36. The maximum absolute atomic E-state index is 12.4. The van der Waals surface area contributed by atoms with Gasteiger partial charge in [0.05, 0.1) is 6.61 Å². The van der Waals surface area contributed by atoms with E-state index in [1.165, 1.54) is 0 Å². The molecule has 5 heteroatoms. The number of pyridine rings is 1. The number of nitrogens with zero attached hydrogens (tertiary/aromatic N) is 2. The lowest BCUT2D eigenvalue weighted by atomic mass is 9.90. The van der Waals surface area contributed by atoms with Crippen molar-refractivity contribution in [1.82, 2.24) is 9.88 Å². The van der Waals surface area contributed by atoms with Gasteiger partial charge in [0.15, 0.2) is 0 Å². The minimum absolute atomic E-state index is 0.0655. The Morgan fingerprint density at radius 2 is 2.05 bits per heavy atom. The molecule has 0 unspecified atom stereocenters. The number of likely N-dealkylation sites (N-methyl/N-ethyl adjacent to an activating group) is 1. The van der Waals surface area contributed by atoms with Crippen LogP contribution >= 0.6 is 0 Å². The summed E-state index contributed by atoms with van der Waals surface area (Å²) < 4.78 is 5.26. The molecule has 0 radical (unpaired) electrons. The van der Waals surface area contributed by atoms with Gasteiger partial charge < -0.3 is 15.4 Å². The summed E-state index contributed by atoms with van der Waals surface area (Å²) in [7, 11) is 1.76. The topological polar surface area (TPSA) is 68.5 Å². The van der Waals surface area contributed by atoms with Gasteiger partial charge in [-0.2, -0.15) is 0 Å². The van der Waals surface area contributed by atoms with Crippen LogP contribution in [-0.4, -0.2) is 42.6 Å². The minimum Gasteiger partial charge on any atom is -0.384 e. The molecule has 2 N–H and O–H groups in total. The van der Waals surface area contributed by atoms with Gasteiger partial charge in [-0.25, -0.2) is 4.98 Å². The molecule has 0 aromatic carbocycles. The number of aromatic nitrogens is 1. The van der Waals surface area contributed by atoms with Crippen molar-refractivity contribution >= 4 is 11.7 Å². The lowest BCUT2D eigenvalue weighted by Gasteiger charge is -2.21. The first-order chi connectivity index (χ1) is 9.25. The molecule has 0 saturated carbocycles. The molecule has 0 fully saturated rings. The van der Waals surface area contributed by atoms with E-state index in [1.807, 2.05) is 33.8 Å². The van der Waals surface area contributed by atoms with Crippen LogP contribution in [0.5, 0.6) is 0 Å². The van der Waals surface area contributed by atoms with Crippen molar-refractivity contribution in [2.24, 2.45) is 0 Å². The summed E-state index contributed by atoms with van der Waals surface area (Å²) in [6.45, 7) is 9.80. The lowest BCUT2D eigenvalue weighted by Crippen LogP contribution is -2.30. The summed E-state index contributed by atoms with van der Waals surface area (Å²) in [6.07, 6.45) is 0. The fourth-order valence-electron chi connectivity index (χ4n) is 1.73. The fraction of sp³-hybridized carbons (Fsp3) is 0.600. The molecule has 0 atom stereocenters. The van der Waals surface area contributed by atoms with Crippen molar-refractivity contribution in [3.63, 3.8) is 0 Å². The molecule has 1 aromatic rings. The van der Waals surface area contributed by atoms with Crippen molar-refractivity contribution < 1.29 is 9.53 Å². The Kier molecular flexibility index (Phi) is 5.51. The minimum atomic E-state index is -0.145. The lowest BCUT2D eigenvalue weighted by molar-refractivity contribution is 0.0709. The van der Waals surface area contributed by atoms with Gasteiger partial charge in [0.2, 0.25) is 0 Å². The first-order valence-corrected chi connectivity index (χ1v) is 6.87. The Hall–Kier alpha value is -1.62. The van der Waals surface area contributed by atoms with E-state index in [-0.39, 0.29) is 11.3 Å². The number of amides is 1. The van der Waals surface area contributed by atoms with E-state index in [9.17, 15) is 4.79 Å². The molecule has 0 saturated heterocycles. The Balaban J connectivity index is 2.90. The number of carbonyl (C=O) groups excluding carboxylic acids is 1. The Labute approximate surface area is 121 Å². The van der Waals surface area contributed by atoms with Crippen LogP contribution in [0, 0.1) is 0 Å². The molecule has 0 spiro atoms. The van der Waals surface area contributed by atoms with E-state index in [0.29, 0.717) is 31.1 Å². The number of nitrogens with two attached hydrogens (primary N) is 1. The van der Waals surface area contributed by atoms with Crippen molar-refractivity contribution in [3.8, 4) is 0 Å². The van der Waals surface area contributed by atoms with E-state index in [4.69, 9.17) is 10.5 Å². The normalized spacial score (nSPS) is 11.4. The summed E-state index contributed by atoms with van der Waals surface area (Å²) in [4.78, 5) is 18.3.